The third-order valence-corrected chi connectivity index (χ3v) is 7.65. The van der Waals surface area contributed by atoms with Crippen LogP contribution in [0, 0.1) is 0 Å². The summed E-state index contributed by atoms with van der Waals surface area (Å²) in [5.41, 5.74) is 1.69. The van der Waals surface area contributed by atoms with E-state index in [0.717, 1.165) is 15.0 Å². The van der Waals surface area contributed by atoms with Crippen LogP contribution in [0.1, 0.15) is 12.1 Å². The summed E-state index contributed by atoms with van der Waals surface area (Å²) in [6, 6.07) is 7.58. The molecule has 1 unspecified atom stereocenters. The molecule has 0 spiro atoms. The Balaban J connectivity index is 1.72. The lowest BCUT2D eigenvalue weighted by Gasteiger charge is -2.27. The van der Waals surface area contributed by atoms with E-state index >= 15 is 0 Å². The number of benzene rings is 1. The Bertz CT molecular complexity index is 914. The van der Waals surface area contributed by atoms with Crippen molar-refractivity contribution in [1.29, 1.82) is 0 Å². The normalized spacial score (nSPS) is 18.5. The van der Waals surface area contributed by atoms with Crippen LogP contribution in [0.2, 0.25) is 0 Å². The molecule has 0 radical (unpaired) electrons. The molecule has 27 heavy (non-hydrogen) atoms. The number of hydrogen-bond donors (Lipinski definition) is 0. The molecule has 2 aromatic rings. The summed E-state index contributed by atoms with van der Waals surface area (Å²) < 4.78 is 29.7. The number of thiazole rings is 1. The summed E-state index contributed by atoms with van der Waals surface area (Å²) in [6.45, 7) is 0.765. The molecule has 1 fully saturated rings. The van der Waals surface area contributed by atoms with Crippen molar-refractivity contribution in [2.75, 3.05) is 31.8 Å². The Hall–Kier alpha value is -1.29. The van der Waals surface area contributed by atoms with Gasteiger partial charge in [0.1, 0.15) is 5.01 Å². The third-order valence-electron chi connectivity index (χ3n) is 4.46. The van der Waals surface area contributed by atoms with Crippen LogP contribution < -0.4 is 0 Å². The average molecular weight is 473 g/mol. The molecule has 1 amide bonds. The van der Waals surface area contributed by atoms with Crippen LogP contribution in [0.15, 0.2) is 34.1 Å². The maximum atomic E-state index is 12.8. The van der Waals surface area contributed by atoms with Crippen LogP contribution in [0.5, 0.6) is 0 Å². The average Bonchev–Trinajstić information content (AvgIpc) is 3.22. The van der Waals surface area contributed by atoms with Crippen LogP contribution in [0.3, 0.4) is 0 Å². The Kier molecular flexibility index (Phi) is 6.67. The van der Waals surface area contributed by atoms with Crippen molar-refractivity contribution in [3.8, 4) is 10.6 Å². The van der Waals surface area contributed by atoms with Gasteiger partial charge in [-0.15, -0.1) is 11.3 Å². The molecule has 9 heteroatoms. The van der Waals surface area contributed by atoms with Crippen molar-refractivity contribution in [2.45, 2.75) is 18.9 Å². The number of hydrogen-bond acceptors (Lipinski definition) is 6. The van der Waals surface area contributed by atoms with E-state index in [1.165, 1.54) is 11.3 Å². The molecule has 6 nitrogen and oxygen atoms in total. The summed E-state index contributed by atoms with van der Waals surface area (Å²) >= 11 is 4.94. The molecule has 2 heterocycles. The second-order valence-corrected chi connectivity index (χ2v) is 10.5. The minimum absolute atomic E-state index is 0.0306. The van der Waals surface area contributed by atoms with Crippen molar-refractivity contribution in [3.05, 3.63) is 39.8 Å². The summed E-state index contributed by atoms with van der Waals surface area (Å²) in [7, 11) is -1.49. The third kappa shape index (κ3) is 5.37. The second-order valence-electron chi connectivity index (χ2n) is 6.47. The van der Waals surface area contributed by atoms with Crippen LogP contribution in [-0.2, 0) is 25.8 Å². The first-order valence-corrected chi connectivity index (χ1v) is 12.1. The smallest absolute Gasteiger partial charge is 0.228 e. The van der Waals surface area contributed by atoms with E-state index in [0.29, 0.717) is 25.3 Å². The van der Waals surface area contributed by atoms with E-state index in [-0.39, 0.29) is 29.9 Å². The zero-order chi connectivity index (χ0) is 19.4. The number of carbonyl (C=O) groups is 1. The van der Waals surface area contributed by atoms with Crippen LogP contribution in [0.4, 0.5) is 0 Å². The molecule has 1 aliphatic heterocycles. The quantitative estimate of drug-likeness (QED) is 0.618. The molecule has 1 aromatic heterocycles. The number of halogens is 1. The molecule has 0 saturated carbocycles. The number of aromatic nitrogens is 1. The lowest BCUT2D eigenvalue weighted by Crippen LogP contribution is -2.43. The number of rotatable bonds is 7. The number of sulfone groups is 1. The van der Waals surface area contributed by atoms with Gasteiger partial charge in [0.15, 0.2) is 9.84 Å². The zero-order valence-electron chi connectivity index (χ0n) is 14.9. The highest BCUT2D eigenvalue weighted by Gasteiger charge is 2.34. The van der Waals surface area contributed by atoms with Crippen molar-refractivity contribution in [1.82, 2.24) is 9.88 Å². The van der Waals surface area contributed by atoms with Gasteiger partial charge in [0.25, 0.3) is 0 Å². The highest BCUT2D eigenvalue weighted by molar-refractivity contribution is 9.10. The predicted molar refractivity (Wildman–Crippen MR) is 110 cm³/mol. The maximum Gasteiger partial charge on any atom is 0.228 e. The molecule has 146 valence electrons. The monoisotopic (exact) mass is 472 g/mol. The van der Waals surface area contributed by atoms with Gasteiger partial charge in [-0.3, -0.25) is 4.79 Å². The highest BCUT2D eigenvalue weighted by Crippen LogP contribution is 2.27. The standard InChI is InChI=1S/C18H21BrN2O4S2/c1-25-7-6-21(16-5-8-27(23,24)12-16)17(22)10-15-11-26-18(20-15)13-3-2-4-14(19)9-13/h2-4,9,11,16H,5-8,10,12H2,1H3. The SMILES string of the molecule is COCCN(C(=O)Cc1csc(-c2cccc(Br)c2)n1)C1CCS(=O)(=O)C1. The lowest BCUT2D eigenvalue weighted by molar-refractivity contribution is -0.133. The number of nitrogens with zero attached hydrogens (tertiary/aromatic N) is 2. The topological polar surface area (TPSA) is 76.6 Å². The fourth-order valence-electron chi connectivity index (χ4n) is 3.12. The van der Waals surface area contributed by atoms with Crippen LogP contribution in [0.25, 0.3) is 10.6 Å². The first-order chi connectivity index (χ1) is 12.9. The zero-order valence-corrected chi connectivity index (χ0v) is 18.1. The summed E-state index contributed by atoms with van der Waals surface area (Å²) in [5, 5.41) is 2.74. The number of amides is 1. The summed E-state index contributed by atoms with van der Waals surface area (Å²) in [5.74, 6) is 0.0567. The largest absolute Gasteiger partial charge is 0.383 e. The van der Waals surface area contributed by atoms with Crippen molar-refractivity contribution >= 4 is 43.0 Å². The molecule has 1 aromatic carbocycles. The minimum atomic E-state index is -3.06. The molecular weight excluding hydrogens is 452 g/mol. The van der Waals surface area contributed by atoms with E-state index in [9.17, 15) is 13.2 Å². The Morgan fingerprint density at radius 3 is 2.93 bits per heavy atom. The van der Waals surface area contributed by atoms with Gasteiger partial charge in [0.05, 0.1) is 30.2 Å². The first-order valence-electron chi connectivity index (χ1n) is 8.57. The molecule has 0 N–H and O–H groups in total. The Morgan fingerprint density at radius 2 is 2.26 bits per heavy atom. The molecule has 1 aliphatic rings. The van der Waals surface area contributed by atoms with E-state index in [2.05, 4.69) is 20.9 Å². The lowest BCUT2D eigenvalue weighted by atomic mass is 10.2. The van der Waals surface area contributed by atoms with Gasteiger partial charge in [0, 0.05) is 35.1 Å². The van der Waals surface area contributed by atoms with Gasteiger partial charge in [-0.2, -0.15) is 0 Å². The number of carbonyl (C=O) groups excluding carboxylic acids is 1. The van der Waals surface area contributed by atoms with Gasteiger partial charge in [-0.1, -0.05) is 28.1 Å². The molecule has 1 saturated heterocycles. The predicted octanol–water partition coefficient (Wildman–Crippen LogP) is 2.78. The van der Waals surface area contributed by atoms with Crippen LogP contribution in [-0.4, -0.2) is 62.0 Å². The van der Waals surface area contributed by atoms with Gasteiger partial charge in [-0.05, 0) is 18.6 Å². The van der Waals surface area contributed by atoms with Crippen molar-refractivity contribution < 1.29 is 17.9 Å². The minimum Gasteiger partial charge on any atom is -0.383 e. The van der Waals surface area contributed by atoms with E-state index in [4.69, 9.17) is 4.74 Å². The molecular formula is C18H21BrN2O4S2. The van der Waals surface area contributed by atoms with Gasteiger partial charge in [-0.25, -0.2) is 13.4 Å². The molecule has 1 atom stereocenters. The van der Waals surface area contributed by atoms with Crippen molar-refractivity contribution in [3.63, 3.8) is 0 Å². The Morgan fingerprint density at radius 1 is 1.44 bits per heavy atom. The van der Waals surface area contributed by atoms with E-state index in [1.54, 1.807) is 12.0 Å². The fourth-order valence-corrected chi connectivity index (χ4v) is 6.07. The highest BCUT2D eigenvalue weighted by atomic mass is 79.9. The number of methoxy groups -OCH3 is 1. The van der Waals surface area contributed by atoms with E-state index < -0.39 is 9.84 Å². The molecule has 3 rings (SSSR count). The van der Waals surface area contributed by atoms with Crippen molar-refractivity contribution in [2.24, 2.45) is 0 Å². The first kappa shape index (κ1) is 20.4. The maximum absolute atomic E-state index is 12.8. The Labute approximate surface area is 171 Å². The summed E-state index contributed by atoms with van der Waals surface area (Å²) in [4.78, 5) is 19.1. The van der Waals surface area contributed by atoms with Gasteiger partial charge in [0.2, 0.25) is 5.91 Å². The van der Waals surface area contributed by atoms with Gasteiger partial charge >= 0.3 is 0 Å². The molecule has 0 aliphatic carbocycles. The second kappa shape index (κ2) is 8.81. The number of ether oxygens (including phenoxy) is 1. The fraction of sp³-hybridized carbons (Fsp3) is 0.444. The van der Waals surface area contributed by atoms with Gasteiger partial charge < -0.3 is 9.64 Å². The van der Waals surface area contributed by atoms with E-state index in [1.807, 2.05) is 29.6 Å². The summed E-state index contributed by atoms with van der Waals surface area (Å²) in [6.07, 6.45) is 0.642. The molecule has 0 bridgehead atoms. The van der Waals surface area contributed by atoms with Crippen LogP contribution >= 0.6 is 27.3 Å².